The van der Waals surface area contributed by atoms with E-state index in [1.165, 1.54) is 35.2 Å². The smallest absolute Gasteiger partial charge is 0.368 e. The molecule has 0 spiro atoms. The SMILES string of the molecule is Fc1c(F)c(F)c([B-](c2c(F)c(F)c(F)c(F)c2F)(c2c(F)c(F)c(F)c(F)c2F)c2c(F)c(F)c(F)c(F)c2F)c(F)c1F.O=C(C[n+]1ccnc(C(=O)Oc2ccccc2F)c1)c1ccccc1. The summed E-state index contributed by atoms with van der Waals surface area (Å²) in [6.07, 6.45) is -2.87. The largest absolute Gasteiger partial charge is 0.418 e. The molecule has 0 saturated heterocycles. The van der Waals surface area contributed by atoms with E-state index in [-0.39, 0.29) is 23.8 Å². The monoisotopic (exact) mass is 1020 g/mol. The number of esters is 1. The second kappa shape index (κ2) is 19.6. The lowest BCUT2D eigenvalue weighted by Gasteiger charge is -2.44. The summed E-state index contributed by atoms with van der Waals surface area (Å²) >= 11 is 0. The Kier molecular flexibility index (Phi) is 14.4. The van der Waals surface area contributed by atoms with Gasteiger partial charge in [-0.05, 0) is 12.1 Å². The van der Waals surface area contributed by atoms with Crippen molar-refractivity contribution in [1.29, 1.82) is 0 Å². The second-order valence-corrected chi connectivity index (χ2v) is 14.0. The Balaban J connectivity index is 0.000000270. The first-order valence-corrected chi connectivity index (χ1v) is 18.5. The Hall–Kier alpha value is -7.87. The van der Waals surface area contributed by atoms with Crippen molar-refractivity contribution in [3.05, 3.63) is 207 Å². The third-order valence-electron chi connectivity index (χ3n) is 10.1. The lowest BCUT2D eigenvalue weighted by molar-refractivity contribution is -0.683. The molecular weight excluding hydrogens is 1000 g/mol. The summed E-state index contributed by atoms with van der Waals surface area (Å²) in [5, 5.41) is 0. The van der Waals surface area contributed by atoms with Crippen molar-refractivity contribution in [2.45, 2.75) is 6.54 Å². The molecule has 0 aliphatic carbocycles. The fourth-order valence-electron chi connectivity index (χ4n) is 7.07. The number of para-hydroxylation sites is 1. The van der Waals surface area contributed by atoms with E-state index in [1.807, 2.05) is 6.07 Å². The fraction of sp³-hybridized carbons (Fsp3) is 0.0233. The number of halogens is 21. The molecule has 1 heterocycles. The van der Waals surface area contributed by atoms with Crippen LogP contribution in [0.25, 0.3) is 0 Å². The van der Waals surface area contributed by atoms with Crippen LogP contribution in [0.15, 0.2) is 73.2 Å². The average molecular weight is 1020 g/mol. The molecule has 7 rings (SSSR count). The van der Waals surface area contributed by atoms with E-state index in [9.17, 15) is 66.7 Å². The van der Waals surface area contributed by atoms with Crippen molar-refractivity contribution < 1.29 is 111 Å². The van der Waals surface area contributed by atoms with E-state index in [4.69, 9.17) is 4.74 Å². The van der Waals surface area contributed by atoms with Crippen molar-refractivity contribution in [3.8, 4) is 5.75 Å². The number of carbonyl (C=O) groups excluding carboxylic acids is 2. The highest BCUT2D eigenvalue weighted by atomic mass is 19.2. The van der Waals surface area contributed by atoms with Gasteiger partial charge in [-0.25, -0.2) is 102 Å². The minimum atomic E-state index is -7.22. The first-order valence-electron chi connectivity index (χ1n) is 18.5. The van der Waals surface area contributed by atoms with Crippen LogP contribution in [-0.4, -0.2) is 22.9 Å². The molecule has 7 aromatic rings. The number of Topliss-reactive ketones (excluding diaryl/α,β-unsaturated/α-hetero) is 1. The molecule has 0 bridgehead atoms. The van der Waals surface area contributed by atoms with Gasteiger partial charge in [-0.3, -0.25) is 4.79 Å². The van der Waals surface area contributed by atoms with Gasteiger partial charge in [0.2, 0.25) is 24.2 Å². The van der Waals surface area contributed by atoms with Crippen LogP contribution < -0.4 is 31.2 Å². The summed E-state index contributed by atoms with van der Waals surface area (Å²) in [5.74, 6) is -73.1. The number of hydrogen-bond donors (Lipinski definition) is 0. The Labute approximate surface area is 374 Å². The molecule has 0 saturated carbocycles. The van der Waals surface area contributed by atoms with Crippen LogP contribution in [-0.2, 0) is 6.54 Å². The number of ketones is 1. The number of hydrogen-bond acceptors (Lipinski definition) is 4. The number of nitrogens with zero attached hydrogens (tertiary/aromatic N) is 2. The fourth-order valence-corrected chi connectivity index (χ4v) is 7.07. The second-order valence-electron chi connectivity index (χ2n) is 14.0. The Morgan fingerprint density at radius 2 is 0.743 bits per heavy atom. The van der Waals surface area contributed by atoms with Crippen molar-refractivity contribution in [3.63, 3.8) is 0 Å². The lowest BCUT2D eigenvalue weighted by atomic mass is 9.12. The molecule has 364 valence electrons. The van der Waals surface area contributed by atoms with Crippen LogP contribution in [0.5, 0.6) is 5.75 Å². The third kappa shape index (κ3) is 8.52. The molecule has 0 aliphatic rings. The number of carbonyl (C=O) groups is 2. The molecule has 0 amide bonds. The molecule has 6 aromatic carbocycles. The van der Waals surface area contributed by atoms with E-state index in [1.54, 1.807) is 36.5 Å². The average Bonchev–Trinajstić information content (AvgIpc) is 3.35. The summed E-state index contributed by atoms with van der Waals surface area (Å²) in [7, 11) is 0. The van der Waals surface area contributed by atoms with Crippen LogP contribution in [0.2, 0.25) is 0 Å². The van der Waals surface area contributed by atoms with Crippen molar-refractivity contribution in [2.24, 2.45) is 0 Å². The Morgan fingerprint density at radius 3 is 1.09 bits per heavy atom. The standard InChI is InChI=1S/C24BF20.C19H14FN2O3/c26-5-1(6(27)14(35)21(42)13(5)34)25(2-7(28)15(36)22(43)16(37)8(2)29,3-9(30)17(38)23(44)18(39)10(3)31)4-11(32)19(40)24(45)20(41)12(4)33;20-15-8-4-5-9-18(15)25-19(24)16-12-22(11-10-21-16)13-17(23)14-6-2-1-3-7-14/h;1-12H,13H2/q-1;+1. The summed E-state index contributed by atoms with van der Waals surface area (Å²) in [4.78, 5) is 28.3. The molecule has 27 heteroatoms. The summed E-state index contributed by atoms with van der Waals surface area (Å²) in [6, 6.07) is 14.4. The van der Waals surface area contributed by atoms with E-state index in [0.29, 0.717) is 5.56 Å². The maximum atomic E-state index is 15.4. The van der Waals surface area contributed by atoms with Crippen LogP contribution in [0, 0.1) is 122 Å². The number of aromatic nitrogens is 2. The van der Waals surface area contributed by atoms with Gasteiger partial charge in [-0.15, -0.1) is 21.9 Å². The quantitative estimate of drug-likeness (QED) is 0.0213. The first-order chi connectivity index (χ1) is 32.8. The van der Waals surface area contributed by atoms with Gasteiger partial charge >= 0.3 is 5.97 Å². The van der Waals surface area contributed by atoms with Gasteiger partial charge in [-0.1, -0.05) is 42.5 Å². The van der Waals surface area contributed by atoms with Crippen LogP contribution in [0.4, 0.5) is 92.2 Å². The van der Waals surface area contributed by atoms with Gasteiger partial charge in [0.25, 0.3) is 0 Å². The Morgan fingerprint density at radius 1 is 0.429 bits per heavy atom. The topological polar surface area (TPSA) is 60.1 Å². The van der Waals surface area contributed by atoms with Gasteiger partial charge in [-0.2, -0.15) is 4.57 Å². The predicted octanol–water partition coefficient (Wildman–Crippen LogP) is 8.46. The van der Waals surface area contributed by atoms with Crippen molar-refractivity contribution >= 4 is 39.7 Å². The maximum Gasteiger partial charge on any atom is 0.368 e. The highest BCUT2D eigenvalue weighted by Crippen LogP contribution is 2.31. The third-order valence-corrected chi connectivity index (χ3v) is 10.1. The zero-order chi connectivity index (χ0) is 52.0. The molecule has 1 aromatic heterocycles. The minimum Gasteiger partial charge on any atom is -0.418 e. The van der Waals surface area contributed by atoms with E-state index < -0.39 is 156 Å². The number of benzene rings is 6. The maximum absolute atomic E-state index is 15.4. The molecular formula is C43H14BF21N2O3. The van der Waals surface area contributed by atoms with Gasteiger partial charge in [0.1, 0.15) is 52.7 Å². The van der Waals surface area contributed by atoms with Crippen molar-refractivity contribution in [1.82, 2.24) is 4.98 Å². The first kappa shape index (κ1) is 51.5. The van der Waals surface area contributed by atoms with E-state index >= 15 is 35.1 Å². The molecule has 70 heavy (non-hydrogen) atoms. The van der Waals surface area contributed by atoms with Gasteiger partial charge in [0, 0.05) is 5.56 Å². The lowest BCUT2D eigenvalue weighted by Crippen LogP contribution is -2.81. The molecule has 0 atom stereocenters. The number of ether oxygens (including phenoxy) is 1. The summed E-state index contributed by atoms with van der Waals surface area (Å²) in [5.41, 5.74) is -13.8. The molecule has 0 fully saturated rings. The zero-order valence-electron chi connectivity index (χ0n) is 33.3. The normalized spacial score (nSPS) is 11.4. The highest BCUT2D eigenvalue weighted by Gasteiger charge is 2.52. The van der Waals surface area contributed by atoms with E-state index in [0.717, 1.165) is 0 Å². The molecule has 0 N–H and O–H groups in total. The van der Waals surface area contributed by atoms with Crippen LogP contribution >= 0.6 is 0 Å². The van der Waals surface area contributed by atoms with Crippen LogP contribution in [0.3, 0.4) is 0 Å². The van der Waals surface area contributed by atoms with Crippen LogP contribution in [0.1, 0.15) is 20.8 Å². The molecule has 5 nitrogen and oxygen atoms in total. The van der Waals surface area contributed by atoms with Gasteiger partial charge in [0.15, 0.2) is 87.6 Å². The highest BCUT2D eigenvalue weighted by molar-refractivity contribution is 7.20. The predicted molar refractivity (Wildman–Crippen MR) is 196 cm³/mol. The molecule has 0 aliphatic heterocycles. The minimum absolute atomic E-state index is 0.0217. The van der Waals surface area contributed by atoms with Gasteiger partial charge in [0.05, 0.1) is 6.20 Å². The number of rotatable bonds is 9. The van der Waals surface area contributed by atoms with Gasteiger partial charge < -0.3 is 4.74 Å². The zero-order valence-corrected chi connectivity index (χ0v) is 33.3. The summed E-state index contributed by atoms with van der Waals surface area (Å²) in [6.45, 7) is 0.0481. The summed E-state index contributed by atoms with van der Waals surface area (Å²) < 4.78 is 314. The molecule has 0 radical (unpaired) electrons. The molecule has 0 unspecified atom stereocenters. The van der Waals surface area contributed by atoms with Crippen molar-refractivity contribution in [2.75, 3.05) is 0 Å². The Bertz CT molecular complexity index is 2910. The van der Waals surface area contributed by atoms with E-state index in [2.05, 4.69) is 4.98 Å².